The Kier molecular flexibility index (Phi) is 4.61. The number of aliphatic hydroxyl groups is 1. The minimum Gasteiger partial charge on any atom is -0.465 e. The Balaban J connectivity index is 1.87. The van der Waals surface area contributed by atoms with Gasteiger partial charge in [-0.2, -0.15) is 9.97 Å². The average Bonchev–Trinajstić information content (AvgIpc) is 3.18. The number of imidazole rings is 1. The largest absolute Gasteiger partial charge is 0.465 e. The topological polar surface area (TPSA) is 128 Å². The Morgan fingerprint density at radius 2 is 2.33 bits per heavy atom. The van der Waals surface area contributed by atoms with E-state index in [2.05, 4.69) is 20.3 Å². The smallest absolute Gasteiger partial charge is 0.325 e. The quantitative estimate of drug-likeness (QED) is 0.515. The molecule has 2 aromatic heterocycles. The molecule has 2 heterocycles. The molecule has 2 atom stereocenters. The number of allylic oxidation sites excluding steroid dienone is 1. The van der Waals surface area contributed by atoms with E-state index < -0.39 is 0 Å². The summed E-state index contributed by atoms with van der Waals surface area (Å²) >= 11 is 0. The molecule has 0 amide bonds. The van der Waals surface area contributed by atoms with Gasteiger partial charge in [-0.15, -0.1) is 0 Å². The number of aromatic nitrogens is 4. The van der Waals surface area contributed by atoms with Crippen LogP contribution in [0.4, 0.5) is 11.8 Å². The third kappa shape index (κ3) is 3.16. The van der Waals surface area contributed by atoms with Gasteiger partial charge in [-0.3, -0.25) is 4.79 Å². The van der Waals surface area contributed by atoms with Crippen molar-refractivity contribution >= 4 is 28.9 Å². The molecule has 0 unspecified atom stereocenters. The molecule has 4 N–H and O–H groups in total. The molecule has 3 rings (SSSR count). The Labute approximate surface area is 138 Å². The van der Waals surface area contributed by atoms with Crippen LogP contribution in [-0.4, -0.2) is 50.4 Å². The summed E-state index contributed by atoms with van der Waals surface area (Å²) in [6.45, 7) is 2.15. The summed E-state index contributed by atoms with van der Waals surface area (Å²) in [5.74, 6) is 0.237. The van der Waals surface area contributed by atoms with Crippen molar-refractivity contribution in [2.24, 2.45) is 5.92 Å². The molecular weight excluding hydrogens is 312 g/mol. The van der Waals surface area contributed by atoms with Crippen LogP contribution in [0.25, 0.3) is 11.2 Å². The molecule has 0 saturated carbocycles. The number of nitrogens with zero attached hydrogens (tertiary/aromatic N) is 4. The normalized spacial score (nSPS) is 19.8. The predicted molar refractivity (Wildman–Crippen MR) is 88.2 cm³/mol. The predicted octanol–water partition coefficient (Wildman–Crippen LogP) is 0.493. The summed E-state index contributed by atoms with van der Waals surface area (Å²) in [6, 6.07) is 0.0550. The molecule has 0 bridgehead atoms. The van der Waals surface area contributed by atoms with Crippen molar-refractivity contribution in [2.45, 2.75) is 19.4 Å². The highest BCUT2D eigenvalue weighted by Gasteiger charge is 2.23. The zero-order chi connectivity index (χ0) is 17.1. The Morgan fingerprint density at radius 1 is 1.50 bits per heavy atom. The first-order chi connectivity index (χ1) is 11.6. The number of aliphatic hydroxyl groups excluding tert-OH is 1. The lowest BCUT2D eigenvalue weighted by molar-refractivity contribution is -0.140. The molecule has 1 aliphatic carbocycles. The van der Waals surface area contributed by atoms with Gasteiger partial charge in [0.05, 0.1) is 19.0 Å². The molecule has 0 saturated heterocycles. The molecule has 0 aliphatic heterocycles. The molecule has 0 spiro atoms. The van der Waals surface area contributed by atoms with Crippen molar-refractivity contribution in [3.05, 3.63) is 18.5 Å². The highest BCUT2D eigenvalue weighted by Crippen LogP contribution is 2.31. The van der Waals surface area contributed by atoms with Gasteiger partial charge in [0, 0.05) is 12.5 Å². The summed E-state index contributed by atoms with van der Waals surface area (Å²) in [4.78, 5) is 24.2. The van der Waals surface area contributed by atoms with Gasteiger partial charge in [0.2, 0.25) is 5.95 Å². The van der Waals surface area contributed by atoms with E-state index in [-0.39, 0.29) is 37.0 Å². The van der Waals surface area contributed by atoms with Crippen LogP contribution in [0.5, 0.6) is 0 Å². The van der Waals surface area contributed by atoms with Gasteiger partial charge in [-0.25, -0.2) is 4.98 Å². The summed E-state index contributed by atoms with van der Waals surface area (Å²) < 4.78 is 6.78. The van der Waals surface area contributed by atoms with Gasteiger partial charge >= 0.3 is 5.97 Å². The second-order valence-electron chi connectivity index (χ2n) is 5.54. The van der Waals surface area contributed by atoms with E-state index in [0.717, 1.165) is 6.42 Å². The standard InChI is InChI=1S/C15H20N6O3/c1-2-24-11(23)6-17-13-12-14(20-15(16)19-13)21(8-18-12)10-4-3-9(5-10)7-22/h3-4,8-10,22H,2,5-7H2,1H3,(H3,16,17,19,20)/t9-,10+/m0/s1. The maximum atomic E-state index is 11.5. The zero-order valence-corrected chi connectivity index (χ0v) is 13.3. The van der Waals surface area contributed by atoms with E-state index in [0.29, 0.717) is 23.6 Å². The number of hydrogen-bond donors (Lipinski definition) is 3. The van der Waals surface area contributed by atoms with Gasteiger partial charge in [-0.05, 0) is 13.3 Å². The number of ether oxygens (including phenoxy) is 1. The van der Waals surface area contributed by atoms with Crippen LogP contribution >= 0.6 is 0 Å². The van der Waals surface area contributed by atoms with Crippen LogP contribution in [0, 0.1) is 5.92 Å². The summed E-state index contributed by atoms with van der Waals surface area (Å²) in [7, 11) is 0. The lowest BCUT2D eigenvalue weighted by Gasteiger charge is -2.13. The Hall–Kier alpha value is -2.68. The van der Waals surface area contributed by atoms with Crippen LogP contribution in [0.1, 0.15) is 19.4 Å². The molecule has 9 nitrogen and oxygen atoms in total. The van der Waals surface area contributed by atoms with Gasteiger partial charge in [0.15, 0.2) is 17.0 Å². The number of rotatable bonds is 6. The highest BCUT2D eigenvalue weighted by molar-refractivity contribution is 5.86. The monoisotopic (exact) mass is 332 g/mol. The molecular formula is C15H20N6O3. The maximum Gasteiger partial charge on any atom is 0.325 e. The number of nitrogens with two attached hydrogens (primary N) is 1. The fraction of sp³-hybridized carbons (Fsp3) is 0.467. The summed E-state index contributed by atoms with van der Waals surface area (Å²) in [6.07, 6.45) is 6.45. The number of nitrogen functional groups attached to an aromatic ring is 1. The molecule has 0 aromatic carbocycles. The fourth-order valence-electron chi connectivity index (χ4n) is 2.76. The highest BCUT2D eigenvalue weighted by atomic mass is 16.5. The van der Waals surface area contributed by atoms with Gasteiger partial charge in [0.25, 0.3) is 0 Å². The molecule has 0 radical (unpaired) electrons. The van der Waals surface area contributed by atoms with Crippen molar-refractivity contribution in [2.75, 3.05) is 30.8 Å². The van der Waals surface area contributed by atoms with Crippen LogP contribution in [0.2, 0.25) is 0 Å². The van der Waals surface area contributed by atoms with Gasteiger partial charge < -0.3 is 25.5 Å². The minimum absolute atomic E-state index is 0.0256. The second-order valence-corrected chi connectivity index (χ2v) is 5.54. The molecule has 24 heavy (non-hydrogen) atoms. The lowest BCUT2D eigenvalue weighted by Crippen LogP contribution is -2.18. The zero-order valence-electron chi connectivity index (χ0n) is 13.3. The van der Waals surface area contributed by atoms with Gasteiger partial charge in [-0.1, -0.05) is 12.2 Å². The van der Waals surface area contributed by atoms with E-state index in [4.69, 9.17) is 10.5 Å². The van der Waals surface area contributed by atoms with E-state index in [1.165, 1.54) is 0 Å². The Bertz CT molecular complexity index is 772. The van der Waals surface area contributed by atoms with Crippen molar-refractivity contribution in [1.29, 1.82) is 0 Å². The molecule has 1 aliphatic rings. The number of carbonyl (C=O) groups excluding carboxylic acids is 1. The van der Waals surface area contributed by atoms with E-state index >= 15 is 0 Å². The van der Waals surface area contributed by atoms with Crippen LogP contribution < -0.4 is 11.1 Å². The van der Waals surface area contributed by atoms with Crippen molar-refractivity contribution in [1.82, 2.24) is 19.5 Å². The van der Waals surface area contributed by atoms with Crippen molar-refractivity contribution < 1.29 is 14.6 Å². The number of esters is 1. The average molecular weight is 332 g/mol. The first kappa shape index (κ1) is 16.2. The minimum atomic E-state index is -0.383. The number of hydrogen-bond acceptors (Lipinski definition) is 8. The number of fused-ring (bicyclic) bond motifs is 1. The lowest BCUT2D eigenvalue weighted by atomic mass is 10.1. The summed E-state index contributed by atoms with van der Waals surface area (Å²) in [5.41, 5.74) is 6.91. The number of carbonyl (C=O) groups is 1. The molecule has 9 heteroatoms. The third-order valence-electron chi connectivity index (χ3n) is 3.89. The number of anilines is 2. The van der Waals surface area contributed by atoms with E-state index in [9.17, 15) is 9.90 Å². The molecule has 2 aromatic rings. The van der Waals surface area contributed by atoms with Gasteiger partial charge in [0.1, 0.15) is 6.54 Å². The Morgan fingerprint density at radius 3 is 3.04 bits per heavy atom. The third-order valence-corrected chi connectivity index (χ3v) is 3.89. The van der Waals surface area contributed by atoms with E-state index in [1.54, 1.807) is 13.3 Å². The molecule has 0 fully saturated rings. The van der Waals surface area contributed by atoms with Crippen molar-refractivity contribution in [3.8, 4) is 0 Å². The maximum absolute atomic E-state index is 11.5. The van der Waals surface area contributed by atoms with E-state index in [1.807, 2.05) is 16.7 Å². The van der Waals surface area contributed by atoms with Crippen LogP contribution in [0.3, 0.4) is 0 Å². The van der Waals surface area contributed by atoms with Crippen LogP contribution in [-0.2, 0) is 9.53 Å². The second kappa shape index (κ2) is 6.83. The fourth-order valence-corrected chi connectivity index (χ4v) is 2.76. The van der Waals surface area contributed by atoms with Crippen molar-refractivity contribution in [3.63, 3.8) is 0 Å². The SMILES string of the molecule is CCOC(=O)CNc1nc(N)nc2c1ncn2[C@@H]1C=C[C@H](CO)C1. The first-order valence-electron chi connectivity index (χ1n) is 7.81. The molecule has 128 valence electrons. The number of nitrogens with one attached hydrogen (secondary N) is 1. The summed E-state index contributed by atoms with van der Waals surface area (Å²) in [5, 5.41) is 12.2. The first-order valence-corrected chi connectivity index (χ1v) is 7.81. The van der Waals surface area contributed by atoms with Crippen LogP contribution in [0.15, 0.2) is 18.5 Å².